The van der Waals surface area contributed by atoms with Gasteiger partial charge in [0.15, 0.2) is 0 Å². The Morgan fingerprint density at radius 3 is 1.75 bits per heavy atom. The second-order valence-corrected chi connectivity index (χ2v) is 3.68. The fourth-order valence-corrected chi connectivity index (χ4v) is 1.62. The van der Waals surface area contributed by atoms with Gasteiger partial charge >= 0.3 is 0 Å². The van der Waals surface area contributed by atoms with Gasteiger partial charge in [-0.1, -0.05) is 54.6 Å². The standard InChI is InChI=1S/C14H15N.ClH/c15-11-14-8-6-13(7-9-14)10-12-4-2-1-3-5-12;/h1-9H,10-11,15H2;1H. The first-order valence-electron chi connectivity index (χ1n) is 5.20. The Bertz CT molecular complexity index is 409. The van der Waals surface area contributed by atoms with Crippen molar-refractivity contribution in [2.45, 2.75) is 13.0 Å². The maximum absolute atomic E-state index is 5.55. The number of nitrogens with two attached hydrogens (primary N) is 1. The minimum absolute atomic E-state index is 0. The van der Waals surface area contributed by atoms with Crippen LogP contribution < -0.4 is 5.73 Å². The maximum atomic E-state index is 5.55. The zero-order valence-electron chi connectivity index (χ0n) is 9.10. The van der Waals surface area contributed by atoms with Crippen LogP contribution in [0.15, 0.2) is 54.6 Å². The average molecular weight is 234 g/mol. The molecule has 2 aromatic rings. The molecule has 84 valence electrons. The van der Waals surface area contributed by atoms with Gasteiger partial charge in [0.25, 0.3) is 0 Å². The first-order chi connectivity index (χ1) is 7.38. The van der Waals surface area contributed by atoms with Crippen LogP contribution in [0.4, 0.5) is 0 Å². The molecule has 0 spiro atoms. The average Bonchev–Trinajstić information content (AvgIpc) is 2.31. The van der Waals surface area contributed by atoms with Crippen LogP contribution in [0, 0.1) is 0 Å². The lowest BCUT2D eigenvalue weighted by Crippen LogP contribution is -1.96. The molecule has 0 aliphatic rings. The molecule has 0 atom stereocenters. The van der Waals surface area contributed by atoms with Gasteiger partial charge in [-0.25, -0.2) is 0 Å². The summed E-state index contributed by atoms with van der Waals surface area (Å²) >= 11 is 0. The van der Waals surface area contributed by atoms with Crippen molar-refractivity contribution in [3.05, 3.63) is 71.3 Å². The smallest absolute Gasteiger partial charge is 0.0178 e. The van der Waals surface area contributed by atoms with Gasteiger partial charge in [-0.2, -0.15) is 0 Å². The second-order valence-electron chi connectivity index (χ2n) is 3.68. The highest BCUT2D eigenvalue weighted by Gasteiger charge is 1.95. The summed E-state index contributed by atoms with van der Waals surface area (Å²) in [6.45, 7) is 0.617. The predicted molar refractivity (Wildman–Crippen MR) is 70.8 cm³/mol. The number of rotatable bonds is 3. The van der Waals surface area contributed by atoms with E-state index in [0.717, 1.165) is 6.42 Å². The van der Waals surface area contributed by atoms with E-state index in [1.165, 1.54) is 16.7 Å². The zero-order chi connectivity index (χ0) is 10.5. The van der Waals surface area contributed by atoms with Crippen molar-refractivity contribution < 1.29 is 0 Å². The molecule has 2 N–H and O–H groups in total. The number of hydrogen-bond donors (Lipinski definition) is 1. The summed E-state index contributed by atoms with van der Waals surface area (Å²) in [5, 5.41) is 0. The number of hydrogen-bond acceptors (Lipinski definition) is 1. The van der Waals surface area contributed by atoms with Gasteiger partial charge < -0.3 is 5.73 Å². The molecule has 2 heteroatoms. The zero-order valence-corrected chi connectivity index (χ0v) is 9.91. The summed E-state index contributed by atoms with van der Waals surface area (Å²) in [4.78, 5) is 0. The van der Waals surface area contributed by atoms with E-state index in [1.54, 1.807) is 0 Å². The molecule has 0 aliphatic carbocycles. The third kappa shape index (κ3) is 3.37. The Labute approximate surface area is 103 Å². The SMILES string of the molecule is Cl.NCc1ccc(Cc2ccccc2)cc1. The van der Waals surface area contributed by atoms with Crippen LogP contribution in [0.1, 0.15) is 16.7 Å². The van der Waals surface area contributed by atoms with Gasteiger partial charge in [0.1, 0.15) is 0 Å². The lowest BCUT2D eigenvalue weighted by Gasteiger charge is -2.02. The maximum Gasteiger partial charge on any atom is 0.0178 e. The fraction of sp³-hybridized carbons (Fsp3) is 0.143. The van der Waals surface area contributed by atoms with E-state index in [9.17, 15) is 0 Å². The second kappa shape index (κ2) is 6.31. The van der Waals surface area contributed by atoms with Crippen molar-refractivity contribution in [3.8, 4) is 0 Å². The first-order valence-corrected chi connectivity index (χ1v) is 5.20. The molecule has 0 amide bonds. The number of benzene rings is 2. The van der Waals surface area contributed by atoms with E-state index in [2.05, 4.69) is 48.5 Å². The van der Waals surface area contributed by atoms with Crippen LogP contribution >= 0.6 is 12.4 Å². The van der Waals surface area contributed by atoms with Gasteiger partial charge in [-0.15, -0.1) is 12.4 Å². The highest BCUT2D eigenvalue weighted by Crippen LogP contribution is 2.10. The largest absolute Gasteiger partial charge is 0.326 e. The third-order valence-electron chi connectivity index (χ3n) is 2.51. The third-order valence-corrected chi connectivity index (χ3v) is 2.51. The van der Waals surface area contributed by atoms with E-state index in [1.807, 2.05) is 6.07 Å². The van der Waals surface area contributed by atoms with Crippen molar-refractivity contribution in [2.24, 2.45) is 5.73 Å². The Kier molecular flexibility index (Phi) is 5.03. The van der Waals surface area contributed by atoms with Crippen molar-refractivity contribution in [2.75, 3.05) is 0 Å². The van der Waals surface area contributed by atoms with E-state index in [0.29, 0.717) is 6.54 Å². The molecule has 0 fully saturated rings. The minimum atomic E-state index is 0. The van der Waals surface area contributed by atoms with Gasteiger partial charge in [-0.05, 0) is 23.1 Å². The van der Waals surface area contributed by atoms with E-state index in [4.69, 9.17) is 5.73 Å². The molecular formula is C14H16ClN. The Hall–Kier alpha value is -1.31. The lowest BCUT2D eigenvalue weighted by molar-refractivity contribution is 1.06. The van der Waals surface area contributed by atoms with Crippen LogP contribution in [0.2, 0.25) is 0 Å². The van der Waals surface area contributed by atoms with Crippen LogP contribution in [0.3, 0.4) is 0 Å². The summed E-state index contributed by atoms with van der Waals surface area (Å²) in [7, 11) is 0. The molecule has 0 unspecified atom stereocenters. The van der Waals surface area contributed by atoms with Crippen LogP contribution in [-0.4, -0.2) is 0 Å². The molecule has 2 rings (SSSR count). The van der Waals surface area contributed by atoms with Crippen molar-refractivity contribution >= 4 is 12.4 Å². The molecule has 0 bridgehead atoms. The molecule has 0 saturated carbocycles. The van der Waals surface area contributed by atoms with Crippen molar-refractivity contribution in [3.63, 3.8) is 0 Å². The molecule has 0 radical (unpaired) electrons. The lowest BCUT2D eigenvalue weighted by atomic mass is 10.0. The van der Waals surface area contributed by atoms with Crippen LogP contribution in [0.5, 0.6) is 0 Å². The Balaban J connectivity index is 0.00000128. The molecule has 0 aliphatic heterocycles. The van der Waals surface area contributed by atoms with Crippen LogP contribution in [0.25, 0.3) is 0 Å². The normalized spacial score (nSPS) is 9.56. The molecule has 16 heavy (non-hydrogen) atoms. The Morgan fingerprint density at radius 2 is 1.19 bits per heavy atom. The summed E-state index contributed by atoms with van der Waals surface area (Å²) in [6, 6.07) is 19.0. The molecular weight excluding hydrogens is 218 g/mol. The molecule has 0 heterocycles. The van der Waals surface area contributed by atoms with E-state index >= 15 is 0 Å². The topological polar surface area (TPSA) is 26.0 Å². The number of halogens is 1. The monoisotopic (exact) mass is 233 g/mol. The molecule has 1 nitrogen and oxygen atoms in total. The predicted octanol–water partition coefficient (Wildman–Crippen LogP) is 3.16. The summed E-state index contributed by atoms with van der Waals surface area (Å²) < 4.78 is 0. The summed E-state index contributed by atoms with van der Waals surface area (Å²) in [5.74, 6) is 0. The van der Waals surface area contributed by atoms with Gasteiger partial charge in [-0.3, -0.25) is 0 Å². The fourth-order valence-electron chi connectivity index (χ4n) is 1.62. The summed E-state index contributed by atoms with van der Waals surface area (Å²) in [6.07, 6.45) is 0.992. The Morgan fingerprint density at radius 1 is 0.688 bits per heavy atom. The molecule has 2 aromatic carbocycles. The summed E-state index contributed by atoms with van der Waals surface area (Å²) in [5.41, 5.74) is 9.42. The van der Waals surface area contributed by atoms with Crippen LogP contribution in [-0.2, 0) is 13.0 Å². The van der Waals surface area contributed by atoms with E-state index in [-0.39, 0.29) is 12.4 Å². The molecule has 0 aromatic heterocycles. The van der Waals surface area contributed by atoms with Gasteiger partial charge in [0.2, 0.25) is 0 Å². The minimum Gasteiger partial charge on any atom is -0.326 e. The highest BCUT2D eigenvalue weighted by atomic mass is 35.5. The van der Waals surface area contributed by atoms with Gasteiger partial charge in [0.05, 0.1) is 0 Å². The molecule has 0 saturated heterocycles. The van der Waals surface area contributed by atoms with Crippen molar-refractivity contribution in [1.29, 1.82) is 0 Å². The van der Waals surface area contributed by atoms with E-state index < -0.39 is 0 Å². The van der Waals surface area contributed by atoms with Gasteiger partial charge in [0, 0.05) is 6.54 Å². The van der Waals surface area contributed by atoms with Crippen molar-refractivity contribution in [1.82, 2.24) is 0 Å². The quantitative estimate of drug-likeness (QED) is 0.866. The first kappa shape index (κ1) is 12.8. The highest BCUT2D eigenvalue weighted by molar-refractivity contribution is 5.85.